The molecule has 4 nitrogen and oxygen atoms in total. The van der Waals surface area contributed by atoms with Gasteiger partial charge in [-0.3, -0.25) is 4.68 Å². The number of hydrogen-bond donors (Lipinski definition) is 1. The van der Waals surface area contributed by atoms with Crippen LogP contribution in [-0.2, 0) is 17.7 Å². The van der Waals surface area contributed by atoms with Crippen LogP contribution >= 0.6 is 0 Å². The van der Waals surface area contributed by atoms with Gasteiger partial charge in [-0.25, -0.2) is 0 Å². The van der Waals surface area contributed by atoms with Crippen molar-refractivity contribution in [1.29, 1.82) is 0 Å². The Kier molecular flexibility index (Phi) is 6.22. The van der Waals surface area contributed by atoms with E-state index in [0.29, 0.717) is 6.04 Å². The summed E-state index contributed by atoms with van der Waals surface area (Å²) in [5.41, 5.74) is 1.27. The Morgan fingerprint density at radius 3 is 2.65 bits per heavy atom. The van der Waals surface area contributed by atoms with Crippen LogP contribution in [0.4, 0.5) is 0 Å². The molecule has 0 radical (unpaired) electrons. The van der Waals surface area contributed by atoms with E-state index < -0.39 is 0 Å². The maximum atomic E-state index is 5.76. The van der Waals surface area contributed by atoms with E-state index in [1.807, 2.05) is 24.9 Å². The Balaban J connectivity index is 2.61. The summed E-state index contributed by atoms with van der Waals surface area (Å²) in [6.07, 6.45) is 6.33. The van der Waals surface area contributed by atoms with E-state index in [1.165, 1.54) is 5.56 Å². The number of ether oxygens (including phenoxy) is 1. The third-order valence-corrected chi connectivity index (χ3v) is 3.07. The topological polar surface area (TPSA) is 39.1 Å². The van der Waals surface area contributed by atoms with E-state index in [-0.39, 0.29) is 6.10 Å². The predicted molar refractivity (Wildman–Crippen MR) is 70.2 cm³/mol. The van der Waals surface area contributed by atoms with Gasteiger partial charge in [0, 0.05) is 25.4 Å². The first-order valence-corrected chi connectivity index (χ1v) is 6.55. The minimum absolute atomic E-state index is 0.273. The highest BCUT2D eigenvalue weighted by Crippen LogP contribution is 2.11. The molecule has 0 spiro atoms. The summed E-state index contributed by atoms with van der Waals surface area (Å²) >= 11 is 0. The van der Waals surface area contributed by atoms with E-state index in [0.717, 1.165) is 26.0 Å². The van der Waals surface area contributed by atoms with Gasteiger partial charge in [0.1, 0.15) is 0 Å². The fourth-order valence-electron chi connectivity index (χ4n) is 2.09. The van der Waals surface area contributed by atoms with Gasteiger partial charge in [0.05, 0.1) is 12.3 Å². The second-order valence-corrected chi connectivity index (χ2v) is 4.21. The Hall–Kier alpha value is -0.870. The van der Waals surface area contributed by atoms with Crippen molar-refractivity contribution in [3.05, 3.63) is 18.0 Å². The molecule has 1 heterocycles. The first-order valence-electron chi connectivity index (χ1n) is 6.55. The van der Waals surface area contributed by atoms with Crippen LogP contribution in [0.2, 0.25) is 0 Å². The van der Waals surface area contributed by atoms with E-state index in [4.69, 9.17) is 4.74 Å². The van der Waals surface area contributed by atoms with Crippen LogP contribution < -0.4 is 5.32 Å². The van der Waals surface area contributed by atoms with Crippen LogP contribution in [0.1, 0.15) is 32.8 Å². The number of hydrogen-bond acceptors (Lipinski definition) is 3. The largest absolute Gasteiger partial charge is 0.377 e. The lowest BCUT2D eigenvalue weighted by molar-refractivity contribution is 0.0339. The fraction of sp³-hybridized carbons (Fsp3) is 0.769. The van der Waals surface area contributed by atoms with Gasteiger partial charge in [0.2, 0.25) is 0 Å². The smallest absolute Gasteiger partial charge is 0.0728 e. The van der Waals surface area contributed by atoms with Gasteiger partial charge in [-0.15, -0.1) is 0 Å². The Labute approximate surface area is 104 Å². The lowest BCUT2D eigenvalue weighted by Gasteiger charge is -2.25. The first-order chi connectivity index (χ1) is 8.24. The average Bonchev–Trinajstić information content (AvgIpc) is 2.81. The zero-order chi connectivity index (χ0) is 12.7. The standard InChI is InChI=1S/C13H25N3O/c1-5-13(17-7-3)12(14-4)8-11-9-15-16(6-2)10-11/h9-10,12-14H,5-8H2,1-4H3. The van der Waals surface area contributed by atoms with Gasteiger partial charge in [-0.1, -0.05) is 6.92 Å². The molecule has 4 heteroatoms. The minimum Gasteiger partial charge on any atom is -0.377 e. The highest BCUT2D eigenvalue weighted by atomic mass is 16.5. The highest BCUT2D eigenvalue weighted by Gasteiger charge is 2.19. The number of aryl methyl sites for hydroxylation is 1. The van der Waals surface area contributed by atoms with E-state index >= 15 is 0 Å². The number of nitrogens with one attached hydrogen (secondary N) is 1. The van der Waals surface area contributed by atoms with E-state index in [9.17, 15) is 0 Å². The van der Waals surface area contributed by atoms with Gasteiger partial charge < -0.3 is 10.1 Å². The van der Waals surface area contributed by atoms with Gasteiger partial charge in [-0.2, -0.15) is 5.10 Å². The molecule has 2 unspecified atom stereocenters. The third kappa shape index (κ3) is 4.13. The zero-order valence-electron chi connectivity index (χ0n) is 11.4. The van der Waals surface area contributed by atoms with Gasteiger partial charge in [0.15, 0.2) is 0 Å². The normalized spacial score (nSPS) is 14.8. The molecule has 0 aliphatic heterocycles. The van der Waals surface area contributed by atoms with E-state index in [2.05, 4.69) is 30.5 Å². The number of rotatable bonds is 8. The minimum atomic E-state index is 0.273. The molecule has 1 aromatic rings. The summed E-state index contributed by atoms with van der Waals surface area (Å²) in [4.78, 5) is 0. The van der Waals surface area contributed by atoms with Crippen molar-refractivity contribution in [3.63, 3.8) is 0 Å². The molecule has 0 fully saturated rings. The van der Waals surface area contributed by atoms with Crippen molar-refractivity contribution in [2.24, 2.45) is 0 Å². The highest BCUT2D eigenvalue weighted by molar-refractivity contribution is 5.07. The van der Waals surface area contributed by atoms with Crippen LogP contribution in [-0.4, -0.2) is 35.6 Å². The van der Waals surface area contributed by atoms with Crippen LogP contribution in [0.5, 0.6) is 0 Å². The molecule has 0 saturated heterocycles. The summed E-state index contributed by atoms with van der Waals surface area (Å²) in [7, 11) is 2.00. The molecule has 0 aromatic carbocycles. The van der Waals surface area contributed by atoms with Crippen LogP contribution in [0.3, 0.4) is 0 Å². The fourth-order valence-corrected chi connectivity index (χ4v) is 2.09. The molecule has 98 valence electrons. The average molecular weight is 239 g/mol. The molecule has 2 atom stereocenters. The quantitative estimate of drug-likeness (QED) is 0.752. The van der Waals surface area contributed by atoms with Gasteiger partial charge in [0.25, 0.3) is 0 Å². The van der Waals surface area contributed by atoms with Crippen molar-refractivity contribution < 1.29 is 4.74 Å². The molecule has 0 aliphatic rings. The maximum Gasteiger partial charge on any atom is 0.0728 e. The molecule has 0 bridgehead atoms. The summed E-state index contributed by atoms with van der Waals surface area (Å²) in [6.45, 7) is 8.00. The SMILES string of the molecule is CCOC(CC)C(Cc1cnn(CC)c1)NC. The Bertz CT molecular complexity index is 311. The number of aromatic nitrogens is 2. The second kappa shape index (κ2) is 7.45. The molecule has 1 N–H and O–H groups in total. The molecule has 1 rings (SSSR count). The first kappa shape index (κ1) is 14.2. The molecule has 0 saturated carbocycles. The van der Waals surface area contributed by atoms with Gasteiger partial charge in [-0.05, 0) is 39.3 Å². The summed E-state index contributed by atoms with van der Waals surface area (Å²) in [5, 5.41) is 7.65. The van der Waals surface area contributed by atoms with Crippen molar-refractivity contribution in [3.8, 4) is 0 Å². The predicted octanol–water partition coefficient (Wildman–Crippen LogP) is 1.85. The summed E-state index contributed by atoms with van der Waals surface area (Å²) in [5.74, 6) is 0. The number of nitrogens with zero attached hydrogens (tertiary/aromatic N) is 2. The third-order valence-electron chi connectivity index (χ3n) is 3.07. The van der Waals surface area contributed by atoms with Gasteiger partial charge >= 0.3 is 0 Å². The maximum absolute atomic E-state index is 5.76. The summed E-state index contributed by atoms with van der Waals surface area (Å²) < 4.78 is 7.72. The lowest BCUT2D eigenvalue weighted by atomic mass is 10.0. The van der Waals surface area contributed by atoms with Crippen LogP contribution in [0.25, 0.3) is 0 Å². The van der Waals surface area contributed by atoms with Crippen molar-refractivity contribution in [1.82, 2.24) is 15.1 Å². The Morgan fingerprint density at radius 1 is 1.41 bits per heavy atom. The molecule has 17 heavy (non-hydrogen) atoms. The molecular formula is C13H25N3O. The summed E-state index contributed by atoms with van der Waals surface area (Å²) in [6, 6.07) is 0.356. The molecule has 0 amide bonds. The lowest BCUT2D eigenvalue weighted by Crippen LogP contribution is -2.40. The van der Waals surface area contributed by atoms with Crippen molar-refractivity contribution >= 4 is 0 Å². The molecule has 0 aliphatic carbocycles. The van der Waals surface area contributed by atoms with Crippen LogP contribution in [0, 0.1) is 0 Å². The van der Waals surface area contributed by atoms with E-state index in [1.54, 1.807) is 0 Å². The zero-order valence-corrected chi connectivity index (χ0v) is 11.4. The van der Waals surface area contributed by atoms with Crippen molar-refractivity contribution in [2.45, 2.75) is 52.3 Å². The monoisotopic (exact) mass is 239 g/mol. The Morgan fingerprint density at radius 2 is 2.18 bits per heavy atom. The molecular weight excluding hydrogens is 214 g/mol. The van der Waals surface area contributed by atoms with Crippen molar-refractivity contribution in [2.75, 3.05) is 13.7 Å². The number of likely N-dealkylation sites (N-methyl/N-ethyl adjacent to an activating group) is 1. The molecule has 1 aromatic heterocycles. The van der Waals surface area contributed by atoms with Crippen LogP contribution in [0.15, 0.2) is 12.4 Å². The second-order valence-electron chi connectivity index (χ2n) is 4.21.